The Kier molecular flexibility index (Phi) is 8.95. The third-order valence-corrected chi connectivity index (χ3v) is 6.26. The Hall–Kier alpha value is -2.71. The number of aromatic nitrogens is 1. The second-order valence-electron chi connectivity index (χ2n) is 9.33. The normalized spacial score (nSPS) is 19.1. The van der Waals surface area contributed by atoms with Gasteiger partial charge in [-0.05, 0) is 32.9 Å². The Labute approximate surface area is 222 Å². The Bertz CT molecular complexity index is 1290. The number of benzene rings is 1. The van der Waals surface area contributed by atoms with Crippen LogP contribution in [0.4, 0.5) is 0 Å². The first-order valence-corrected chi connectivity index (χ1v) is 12.5. The second-order valence-corrected chi connectivity index (χ2v) is 10.3. The lowest BCUT2D eigenvalue weighted by atomic mass is 10.0. The first kappa shape index (κ1) is 27.9. The van der Waals surface area contributed by atoms with Crippen molar-refractivity contribution in [1.29, 1.82) is 0 Å². The number of fused-ring (bicyclic) bond motifs is 1. The van der Waals surface area contributed by atoms with Crippen LogP contribution in [0.3, 0.4) is 0 Å². The van der Waals surface area contributed by atoms with E-state index in [1.807, 2.05) is 58.9 Å². The molecule has 36 heavy (non-hydrogen) atoms. The molecule has 1 aliphatic heterocycles. The number of allylic oxidation sites excluding steroid dienone is 1. The molecule has 0 radical (unpaired) electrons. The van der Waals surface area contributed by atoms with Gasteiger partial charge >= 0.3 is 0 Å². The van der Waals surface area contributed by atoms with Gasteiger partial charge in [0.2, 0.25) is 5.91 Å². The van der Waals surface area contributed by atoms with Gasteiger partial charge in [0.25, 0.3) is 0 Å². The predicted molar refractivity (Wildman–Crippen MR) is 146 cm³/mol. The fraction of sp³-hybridized carbons (Fsp3) is 0.370. The molecule has 1 aliphatic rings. The van der Waals surface area contributed by atoms with E-state index < -0.39 is 4.65 Å². The van der Waals surface area contributed by atoms with Gasteiger partial charge in [0.1, 0.15) is 42.7 Å². The summed E-state index contributed by atoms with van der Waals surface area (Å²) in [6.45, 7) is 9.92. The van der Waals surface area contributed by atoms with E-state index in [9.17, 15) is 10.0 Å². The van der Waals surface area contributed by atoms with Crippen molar-refractivity contribution in [2.24, 2.45) is 10.9 Å². The number of para-hydroxylation sites is 1. The number of aryl methyl sites for hydroxylation is 1. The van der Waals surface area contributed by atoms with Crippen molar-refractivity contribution < 1.29 is 19.4 Å². The van der Waals surface area contributed by atoms with Crippen molar-refractivity contribution in [3.8, 4) is 5.75 Å². The first-order chi connectivity index (χ1) is 16.9. The molecule has 0 saturated carbocycles. The second kappa shape index (κ2) is 11.6. The summed E-state index contributed by atoms with van der Waals surface area (Å²) in [4.78, 5) is 21.4. The maximum Gasteiger partial charge on any atom is 0.222 e. The molecule has 0 spiro atoms. The van der Waals surface area contributed by atoms with Crippen LogP contribution in [0.1, 0.15) is 39.0 Å². The summed E-state index contributed by atoms with van der Waals surface area (Å²) in [5.74, 6) is 0.357. The largest absolute Gasteiger partial charge is 0.487 e. The molecule has 3 rings (SSSR count). The van der Waals surface area contributed by atoms with E-state index in [-0.39, 0.29) is 31.5 Å². The average molecular weight is 532 g/mol. The minimum absolute atomic E-state index is 0.0740. The number of nitrogens with one attached hydrogen (secondary N) is 1. The standard InChI is InChI=1S/C27H32Cl2N4O3/c1-7-30-25(18(5)28)21-11-17(4)32-26-20(21)9-8-10-24(26)36-15-22-19(12-31-27(34)16(2)3)13-33(6,35)14-23(22)29/h7-11,14,16,35H,12-13,15H2,1-6H3/p+1/b25-18+,30-7?. The van der Waals surface area contributed by atoms with Crippen LogP contribution in [0.2, 0.25) is 0 Å². The van der Waals surface area contributed by atoms with Crippen molar-refractivity contribution in [1.82, 2.24) is 10.3 Å². The number of likely N-dealkylation sites (N-methyl/N-ethyl adjacent to an activating group) is 1. The van der Waals surface area contributed by atoms with E-state index in [4.69, 9.17) is 32.9 Å². The van der Waals surface area contributed by atoms with E-state index in [1.54, 1.807) is 19.5 Å². The van der Waals surface area contributed by atoms with Gasteiger partial charge in [0.05, 0.1) is 5.70 Å². The molecule has 2 aromatic rings. The Morgan fingerprint density at radius 1 is 1.39 bits per heavy atom. The van der Waals surface area contributed by atoms with E-state index in [0.717, 1.165) is 27.8 Å². The van der Waals surface area contributed by atoms with Crippen molar-refractivity contribution in [3.05, 3.63) is 62.9 Å². The molecule has 7 nitrogen and oxygen atoms in total. The van der Waals surface area contributed by atoms with Crippen LogP contribution in [0, 0.1) is 12.8 Å². The van der Waals surface area contributed by atoms with Crippen LogP contribution < -0.4 is 10.1 Å². The number of pyridine rings is 1. The third-order valence-electron chi connectivity index (χ3n) is 5.76. The molecular formula is C27H33Cl2N4O3+. The zero-order valence-electron chi connectivity index (χ0n) is 21.5. The predicted octanol–water partition coefficient (Wildman–Crippen LogP) is 5.94. The summed E-state index contributed by atoms with van der Waals surface area (Å²) in [6, 6.07) is 7.67. The molecule has 1 aromatic heterocycles. The van der Waals surface area contributed by atoms with Gasteiger partial charge in [-0.3, -0.25) is 9.79 Å². The summed E-state index contributed by atoms with van der Waals surface area (Å²) in [5.41, 5.74) is 4.55. The fourth-order valence-electron chi connectivity index (χ4n) is 4.04. The number of aliphatic imine (C=N–C) groups is 1. The van der Waals surface area contributed by atoms with Crippen molar-refractivity contribution in [2.45, 2.75) is 34.6 Å². The summed E-state index contributed by atoms with van der Waals surface area (Å²) < 4.78 is 5.85. The average Bonchev–Trinajstić information content (AvgIpc) is 2.79. The van der Waals surface area contributed by atoms with E-state index in [2.05, 4.69) is 10.3 Å². The zero-order valence-corrected chi connectivity index (χ0v) is 23.0. The van der Waals surface area contributed by atoms with Crippen LogP contribution in [-0.2, 0) is 4.79 Å². The molecule has 2 N–H and O–H groups in total. The van der Waals surface area contributed by atoms with Gasteiger partial charge in [0.15, 0.2) is 0 Å². The topological polar surface area (TPSA) is 83.8 Å². The van der Waals surface area contributed by atoms with Gasteiger partial charge < -0.3 is 10.1 Å². The highest BCUT2D eigenvalue weighted by Gasteiger charge is 2.30. The molecule has 2 heterocycles. The third kappa shape index (κ3) is 6.53. The molecule has 1 aromatic carbocycles. The monoisotopic (exact) mass is 531 g/mol. The lowest BCUT2D eigenvalue weighted by Crippen LogP contribution is -2.42. The van der Waals surface area contributed by atoms with Crippen molar-refractivity contribution in [3.63, 3.8) is 0 Å². The first-order valence-electron chi connectivity index (χ1n) is 11.8. The molecule has 1 atom stereocenters. The summed E-state index contributed by atoms with van der Waals surface area (Å²) in [5, 5.41) is 15.3. The van der Waals surface area contributed by atoms with Crippen LogP contribution >= 0.6 is 23.2 Å². The van der Waals surface area contributed by atoms with E-state index in [0.29, 0.717) is 27.0 Å². The number of carbonyl (C=O) groups is 1. The quantitative estimate of drug-likeness (QED) is 0.326. The minimum Gasteiger partial charge on any atom is -0.487 e. The Balaban J connectivity index is 2.00. The van der Waals surface area contributed by atoms with Crippen molar-refractivity contribution >= 4 is 51.9 Å². The highest BCUT2D eigenvalue weighted by molar-refractivity contribution is 6.32. The van der Waals surface area contributed by atoms with Crippen molar-refractivity contribution in [2.75, 3.05) is 26.7 Å². The lowest BCUT2D eigenvalue weighted by Gasteiger charge is -2.29. The number of hydrogen-bond acceptors (Lipinski definition) is 5. The van der Waals surface area contributed by atoms with Gasteiger partial charge in [0, 0.05) is 51.5 Å². The molecule has 1 unspecified atom stereocenters. The number of halogens is 2. The number of carbonyl (C=O) groups excluding carboxylic acids is 1. The summed E-state index contributed by atoms with van der Waals surface area (Å²) >= 11 is 12.9. The van der Waals surface area contributed by atoms with Crippen LogP contribution in [0.5, 0.6) is 5.75 Å². The summed E-state index contributed by atoms with van der Waals surface area (Å²) in [7, 11) is 1.63. The number of amides is 1. The van der Waals surface area contributed by atoms with Crippen LogP contribution in [0.15, 0.2) is 56.7 Å². The highest BCUT2D eigenvalue weighted by Crippen LogP contribution is 2.34. The molecule has 192 valence electrons. The molecule has 0 bridgehead atoms. The molecule has 0 aliphatic carbocycles. The number of hydrogen-bond donors (Lipinski definition) is 2. The molecular weight excluding hydrogens is 499 g/mol. The number of hydroxylamine groups is 3. The SMILES string of the molecule is CC=N/C(=C(\C)Cl)c1cc(C)nc2c(OCC3=C(CNC(=O)C(C)C)C[N+](C)(O)C=C3Cl)cccc12. The lowest BCUT2D eigenvalue weighted by molar-refractivity contribution is -1.04. The fourth-order valence-corrected chi connectivity index (χ4v) is 4.58. The van der Waals surface area contributed by atoms with Crippen LogP contribution in [-0.4, -0.2) is 53.7 Å². The maximum atomic E-state index is 12.2. The minimum atomic E-state index is -0.404. The molecule has 0 fully saturated rings. The number of nitrogens with zero attached hydrogens (tertiary/aromatic N) is 3. The Morgan fingerprint density at radius 2 is 2.11 bits per heavy atom. The molecule has 1 amide bonds. The highest BCUT2D eigenvalue weighted by atomic mass is 35.5. The number of rotatable bonds is 8. The van der Waals surface area contributed by atoms with E-state index >= 15 is 0 Å². The molecule has 9 heteroatoms. The van der Waals surface area contributed by atoms with Gasteiger partial charge in [-0.25, -0.2) is 10.2 Å². The number of quaternary nitrogens is 1. The van der Waals surface area contributed by atoms with E-state index in [1.165, 1.54) is 0 Å². The van der Waals surface area contributed by atoms with Gasteiger partial charge in [-0.15, -0.1) is 0 Å². The zero-order chi connectivity index (χ0) is 26.6. The smallest absolute Gasteiger partial charge is 0.222 e. The van der Waals surface area contributed by atoms with Gasteiger partial charge in [-0.1, -0.05) is 49.2 Å². The molecule has 0 saturated heterocycles. The number of ether oxygens (including phenoxy) is 1. The maximum absolute atomic E-state index is 12.2. The Morgan fingerprint density at radius 3 is 2.75 bits per heavy atom. The van der Waals surface area contributed by atoms with Crippen LogP contribution in [0.25, 0.3) is 16.6 Å². The van der Waals surface area contributed by atoms with Gasteiger partial charge in [-0.2, -0.15) is 4.65 Å². The summed E-state index contributed by atoms with van der Waals surface area (Å²) in [6.07, 6.45) is 3.26.